The average molecular weight is 393 g/mol. The summed E-state index contributed by atoms with van der Waals surface area (Å²) < 4.78 is 10.9. The van der Waals surface area contributed by atoms with Crippen LogP contribution in [-0.2, 0) is 19.1 Å². The number of rotatable bonds is 11. The zero-order valence-electron chi connectivity index (χ0n) is 17.8. The van der Waals surface area contributed by atoms with E-state index in [9.17, 15) is 9.59 Å². The number of ether oxygens (including phenoxy) is 2. The topological polar surface area (TPSA) is 52.6 Å². The fourth-order valence-corrected chi connectivity index (χ4v) is 4.89. The minimum absolute atomic E-state index is 0.0343. The van der Waals surface area contributed by atoms with Crippen molar-refractivity contribution in [1.82, 2.24) is 0 Å². The van der Waals surface area contributed by atoms with Gasteiger partial charge in [0.15, 0.2) is 0 Å². The molecule has 2 aliphatic rings. The monoisotopic (exact) mass is 392 g/mol. The summed E-state index contributed by atoms with van der Waals surface area (Å²) >= 11 is 0. The van der Waals surface area contributed by atoms with Crippen LogP contribution in [0.5, 0.6) is 0 Å². The van der Waals surface area contributed by atoms with Crippen LogP contribution >= 0.6 is 0 Å². The van der Waals surface area contributed by atoms with Crippen molar-refractivity contribution in [1.29, 1.82) is 0 Å². The van der Waals surface area contributed by atoms with Gasteiger partial charge in [-0.3, -0.25) is 4.79 Å². The second-order valence-corrected chi connectivity index (χ2v) is 8.72. The highest BCUT2D eigenvalue weighted by atomic mass is 16.5. The molecular formula is C24H40O4. The lowest BCUT2D eigenvalue weighted by molar-refractivity contribution is -0.150. The summed E-state index contributed by atoms with van der Waals surface area (Å²) in [6, 6.07) is 0. The predicted molar refractivity (Wildman–Crippen MR) is 112 cm³/mol. The maximum absolute atomic E-state index is 12.3. The molecule has 0 saturated heterocycles. The van der Waals surface area contributed by atoms with E-state index < -0.39 is 0 Å². The summed E-state index contributed by atoms with van der Waals surface area (Å²) in [7, 11) is 0. The SMILES string of the molecule is C=CC(=O)OC1CCC(C2CCC(C(=O)OCCCCCCCC)CC2)CC1. The lowest BCUT2D eigenvalue weighted by Gasteiger charge is -2.37. The number of carbonyl (C=O) groups excluding carboxylic acids is 2. The first-order valence-electron chi connectivity index (χ1n) is 11.6. The molecule has 0 aromatic heterocycles. The van der Waals surface area contributed by atoms with Crippen LogP contribution in [0.2, 0.25) is 0 Å². The molecule has 2 rings (SSSR count). The van der Waals surface area contributed by atoms with Crippen molar-refractivity contribution < 1.29 is 19.1 Å². The van der Waals surface area contributed by atoms with E-state index in [1.165, 1.54) is 38.2 Å². The van der Waals surface area contributed by atoms with Crippen LogP contribution in [0.1, 0.15) is 96.8 Å². The Kier molecular flexibility index (Phi) is 10.7. The van der Waals surface area contributed by atoms with Gasteiger partial charge in [0.2, 0.25) is 0 Å². The van der Waals surface area contributed by atoms with E-state index in [2.05, 4.69) is 13.5 Å². The zero-order valence-corrected chi connectivity index (χ0v) is 17.8. The number of carbonyl (C=O) groups is 2. The highest BCUT2D eigenvalue weighted by Crippen LogP contribution is 2.40. The van der Waals surface area contributed by atoms with E-state index in [4.69, 9.17) is 9.47 Å². The van der Waals surface area contributed by atoms with Gasteiger partial charge in [0.05, 0.1) is 12.5 Å². The first kappa shape index (κ1) is 23.0. The molecule has 0 aromatic carbocycles. The highest BCUT2D eigenvalue weighted by molar-refractivity contribution is 5.81. The van der Waals surface area contributed by atoms with Crippen LogP contribution in [0.4, 0.5) is 0 Å². The van der Waals surface area contributed by atoms with Gasteiger partial charge < -0.3 is 9.47 Å². The van der Waals surface area contributed by atoms with Gasteiger partial charge >= 0.3 is 11.9 Å². The smallest absolute Gasteiger partial charge is 0.330 e. The molecule has 2 aliphatic carbocycles. The third kappa shape index (κ3) is 7.97. The Balaban J connectivity index is 1.56. The van der Waals surface area contributed by atoms with Crippen LogP contribution in [0.25, 0.3) is 0 Å². The van der Waals surface area contributed by atoms with E-state index in [0.29, 0.717) is 6.61 Å². The fraction of sp³-hybridized carbons (Fsp3) is 0.833. The normalized spacial score (nSPS) is 27.8. The van der Waals surface area contributed by atoms with E-state index in [0.717, 1.165) is 69.6 Å². The summed E-state index contributed by atoms with van der Waals surface area (Å²) in [5.41, 5.74) is 0. The fourth-order valence-electron chi connectivity index (χ4n) is 4.89. The van der Waals surface area contributed by atoms with Crippen LogP contribution < -0.4 is 0 Å². The Hall–Kier alpha value is -1.32. The minimum atomic E-state index is -0.302. The van der Waals surface area contributed by atoms with Gasteiger partial charge in [0.25, 0.3) is 0 Å². The van der Waals surface area contributed by atoms with E-state index in [1.54, 1.807) is 0 Å². The van der Waals surface area contributed by atoms with Crippen molar-refractivity contribution in [3.63, 3.8) is 0 Å². The number of hydrogen-bond acceptors (Lipinski definition) is 4. The third-order valence-corrected chi connectivity index (χ3v) is 6.68. The molecule has 0 atom stereocenters. The largest absolute Gasteiger partial charge is 0.465 e. The maximum atomic E-state index is 12.3. The Morgan fingerprint density at radius 2 is 1.43 bits per heavy atom. The lowest BCUT2D eigenvalue weighted by Crippen LogP contribution is -2.31. The maximum Gasteiger partial charge on any atom is 0.330 e. The molecule has 0 bridgehead atoms. The number of esters is 2. The van der Waals surface area contributed by atoms with E-state index in [-0.39, 0.29) is 24.0 Å². The quantitative estimate of drug-likeness (QED) is 0.246. The van der Waals surface area contributed by atoms with Crippen LogP contribution in [0.3, 0.4) is 0 Å². The van der Waals surface area contributed by atoms with Crippen molar-refractivity contribution >= 4 is 11.9 Å². The van der Waals surface area contributed by atoms with Crippen LogP contribution in [0.15, 0.2) is 12.7 Å². The average Bonchev–Trinajstić information content (AvgIpc) is 2.73. The van der Waals surface area contributed by atoms with Gasteiger partial charge in [-0.05, 0) is 69.6 Å². The molecule has 0 N–H and O–H groups in total. The molecule has 4 nitrogen and oxygen atoms in total. The molecule has 2 saturated carbocycles. The Morgan fingerprint density at radius 1 is 0.857 bits per heavy atom. The molecule has 0 aliphatic heterocycles. The van der Waals surface area contributed by atoms with Crippen LogP contribution in [-0.4, -0.2) is 24.6 Å². The molecular weight excluding hydrogens is 352 g/mol. The van der Waals surface area contributed by atoms with Gasteiger partial charge in [0, 0.05) is 6.08 Å². The summed E-state index contributed by atoms with van der Waals surface area (Å²) in [4.78, 5) is 23.6. The first-order chi connectivity index (χ1) is 13.6. The zero-order chi connectivity index (χ0) is 20.2. The van der Waals surface area contributed by atoms with Crippen molar-refractivity contribution in [3.8, 4) is 0 Å². The minimum Gasteiger partial charge on any atom is -0.465 e. The molecule has 0 radical (unpaired) electrons. The molecule has 0 aromatic rings. The Bertz CT molecular complexity index is 471. The first-order valence-corrected chi connectivity index (χ1v) is 11.6. The molecule has 0 spiro atoms. The van der Waals surface area contributed by atoms with Crippen LogP contribution in [0, 0.1) is 17.8 Å². The standard InChI is InChI=1S/C24H40O4/c1-3-5-6-7-8-9-18-27-24(26)21-12-10-19(11-13-21)20-14-16-22(17-15-20)28-23(25)4-2/h4,19-22H,2-3,5-18H2,1H3. The molecule has 4 heteroatoms. The Labute approximate surface area is 171 Å². The summed E-state index contributed by atoms with van der Waals surface area (Å²) in [5.74, 6) is 1.29. The van der Waals surface area contributed by atoms with E-state index in [1.807, 2.05) is 0 Å². The van der Waals surface area contributed by atoms with Crippen molar-refractivity contribution in [2.24, 2.45) is 17.8 Å². The highest BCUT2D eigenvalue weighted by Gasteiger charge is 2.34. The molecule has 28 heavy (non-hydrogen) atoms. The van der Waals surface area contributed by atoms with E-state index >= 15 is 0 Å². The third-order valence-electron chi connectivity index (χ3n) is 6.68. The van der Waals surface area contributed by atoms with Gasteiger partial charge in [0.1, 0.15) is 6.10 Å². The summed E-state index contributed by atoms with van der Waals surface area (Å²) in [6.07, 6.45) is 17.0. The second-order valence-electron chi connectivity index (χ2n) is 8.72. The number of hydrogen-bond donors (Lipinski definition) is 0. The molecule has 0 heterocycles. The number of unbranched alkanes of at least 4 members (excludes halogenated alkanes) is 5. The van der Waals surface area contributed by atoms with Crippen molar-refractivity contribution in [2.45, 2.75) is 103 Å². The molecule has 2 fully saturated rings. The van der Waals surface area contributed by atoms with Crippen molar-refractivity contribution in [3.05, 3.63) is 12.7 Å². The van der Waals surface area contributed by atoms with Gasteiger partial charge in [-0.25, -0.2) is 4.79 Å². The molecule has 0 amide bonds. The summed E-state index contributed by atoms with van der Waals surface area (Å²) in [6.45, 7) is 6.28. The second kappa shape index (κ2) is 13.0. The lowest BCUT2D eigenvalue weighted by atomic mass is 9.70. The van der Waals surface area contributed by atoms with Gasteiger partial charge in [-0.15, -0.1) is 0 Å². The van der Waals surface area contributed by atoms with Gasteiger partial charge in [-0.2, -0.15) is 0 Å². The Morgan fingerprint density at radius 3 is 2.04 bits per heavy atom. The molecule has 0 unspecified atom stereocenters. The van der Waals surface area contributed by atoms with Gasteiger partial charge in [-0.1, -0.05) is 45.6 Å². The predicted octanol–water partition coefficient (Wildman–Crippen LogP) is 5.98. The molecule has 160 valence electrons. The van der Waals surface area contributed by atoms with Crippen molar-refractivity contribution in [2.75, 3.05) is 6.61 Å². The summed E-state index contributed by atoms with van der Waals surface area (Å²) in [5, 5.41) is 0.